The third kappa shape index (κ3) is 3.20. The summed E-state index contributed by atoms with van der Waals surface area (Å²) in [7, 11) is 0. The molecule has 2 heterocycles. The molecule has 1 unspecified atom stereocenters. The third-order valence-corrected chi connectivity index (χ3v) is 5.04. The van der Waals surface area contributed by atoms with Crippen LogP contribution in [0.1, 0.15) is 41.2 Å². The van der Waals surface area contributed by atoms with Crippen LogP contribution in [-0.4, -0.2) is 28.8 Å². The average Bonchev–Trinajstić information content (AvgIpc) is 2.70. The van der Waals surface area contributed by atoms with E-state index < -0.39 is 0 Å². The molecule has 3 aromatic rings. The van der Waals surface area contributed by atoms with E-state index in [1.54, 1.807) is 0 Å². The van der Waals surface area contributed by atoms with Crippen molar-refractivity contribution in [2.24, 2.45) is 0 Å². The Bertz CT molecular complexity index is 864. The molecular formula is C22H22N2O. The Labute approximate surface area is 148 Å². The van der Waals surface area contributed by atoms with Gasteiger partial charge in [-0.05, 0) is 43.6 Å². The molecule has 25 heavy (non-hydrogen) atoms. The Morgan fingerprint density at radius 1 is 0.880 bits per heavy atom. The number of Topliss-reactive ketones (excluding diaryl/α,β-unsaturated/α-hetero) is 1. The smallest absolute Gasteiger partial charge is 0.184 e. The van der Waals surface area contributed by atoms with Gasteiger partial charge in [-0.1, -0.05) is 55.0 Å². The van der Waals surface area contributed by atoms with E-state index in [0.29, 0.717) is 0 Å². The highest BCUT2D eigenvalue weighted by atomic mass is 16.1. The van der Waals surface area contributed by atoms with Gasteiger partial charge in [-0.25, -0.2) is 0 Å². The van der Waals surface area contributed by atoms with Crippen LogP contribution in [0.5, 0.6) is 0 Å². The van der Waals surface area contributed by atoms with Crippen molar-refractivity contribution < 1.29 is 4.79 Å². The van der Waals surface area contributed by atoms with Crippen LogP contribution in [-0.2, 0) is 0 Å². The number of rotatable bonds is 4. The zero-order chi connectivity index (χ0) is 17.1. The second-order valence-corrected chi connectivity index (χ2v) is 6.65. The van der Waals surface area contributed by atoms with Crippen molar-refractivity contribution in [2.75, 3.05) is 13.1 Å². The van der Waals surface area contributed by atoms with Crippen molar-refractivity contribution in [3.63, 3.8) is 0 Å². The van der Waals surface area contributed by atoms with Gasteiger partial charge in [-0.3, -0.25) is 14.7 Å². The van der Waals surface area contributed by atoms with Gasteiger partial charge in [0.1, 0.15) is 0 Å². The van der Waals surface area contributed by atoms with Crippen molar-refractivity contribution in [1.29, 1.82) is 0 Å². The Balaban J connectivity index is 1.83. The minimum atomic E-state index is -0.240. The second kappa shape index (κ2) is 7.16. The maximum Gasteiger partial charge on any atom is 0.184 e. The summed E-state index contributed by atoms with van der Waals surface area (Å²) in [6, 6.07) is 19.5. The number of ketones is 1. The van der Waals surface area contributed by atoms with Gasteiger partial charge in [-0.15, -0.1) is 0 Å². The molecule has 2 aromatic carbocycles. The first-order valence-electron chi connectivity index (χ1n) is 9.01. The number of likely N-dealkylation sites (tertiary alicyclic amines) is 1. The SMILES string of the molecule is O=C(c1ccccc1)C(c1ccnc2ccccc12)N1CCCCC1. The maximum absolute atomic E-state index is 13.4. The predicted octanol–water partition coefficient (Wildman–Crippen LogP) is 4.64. The quantitative estimate of drug-likeness (QED) is 0.653. The first-order chi connectivity index (χ1) is 12.3. The number of para-hydroxylation sites is 1. The van der Waals surface area contributed by atoms with Gasteiger partial charge in [0.25, 0.3) is 0 Å². The zero-order valence-electron chi connectivity index (χ0n) is 14.3. The lowest BCUT2D eigenvalue weighted by Crippen LogP contribution is -2.38. The number of aromatic nitrogens is 1. The van der Waals surface area contributed by atoms with Gasteiger partial charge in [0, 0.05) is 17.1 Å². The minimum absolute atomic E-state index is 0.179. The van der Waals surface area contributed by atoms with Gasteiger partial charge in [0.05, 0.1) is 11.6 Å². The molecule has 0 radical (unpaired) electrons. The Hall–Kier alpha value is -2.52. The molecular weight excluding hydrogens is 308 g/mol. The molecule has 1 aliphatic rings. The summed E-state index contributed by atoms with van der Waals surface area (Å²) in [4.78, 5) is 20.2. The van der Waals surface area contributed by atoms with Gasteiger partial charge < -0.3 is 0 Å². The minimum Gasteiger partial charge on any atom is -0.292 e. The van der Waals surface area contributed by atoms with Crippen LogP contribution < -0.4 is 0 Å². The van der Waals surface area contributed by atoms with Crippen molar-refractivity contribution >= 4 is 16.7 Å². The fraction of sp³-hybridized carbons (Fsp3) is 0.273. The lowest BCUT2D eigenvalue weighted by atomic mass is 9.92. The molecule has 1 saturated heterocycles. The summed E-state index contributed by atoms with van der Waals surface area (Å²) in [5, 5.41) is 1.07. The summed E-state index contributed by atoms with van der Waals surface area (Å²) >= 11 is 0. The molecule has 0 amide bonds. The van der Waals surface area contributed by atoms with E-state index in [1.165, 1.54) is 6.42 Å². The summed E-state index contributed by atoms with van der Waals surface area (Å²) in [6.07, 6.45) is 5.38. The van der Waals surface area contributed by atoms with Crippen LogP contribution in [0, 0.1) is 0 Å². The van der Waals surface area contributed by atoms with Crippen LogP contribution in [0.3, 0.4) is 0 Å². The fourth-order valence-electron chi connectivity index (χ4n) is 3.80. The molecule has 0 N–H and O–H groups in total. The molecule has 1 fully saturated rings. The highest BCUT2D eigenvalue weighted by molar-refractivity contribution is 6.02. The molecule has 3 nitrogen and oxygen atoms in total. The molecule has 1 atom stereocenters. The highest BCUT2D eigenvalue weighted by Gasteiger charge is 2.30. The number of carbonyl (C=O) groups is 1. The number of carbonyl (C=O) groups excluding carboxylic acids is 1. The van der Waals surface area contributed by atoms with Crippen LogP contribution in [0.2, 0.25) is 0 Å². The molecule has 4 rings (SSSR count). The first kappa shape index (κ1) is 16.0. The monoisotopic (exact) mass is 330 g/mol. The molecule has 126 valence electrons. The standard InChI is InChI=1S/C22H22N2O/c25-22(17-9-3-1-4-10-17)21(24-15-7-2-8-16-24)19-13-14-23-20-12-6-5-11-18(19)20/h1,3-6,9-14,21H,2,7-8,15-16H2. The summed E-state index contributed by atoms with van der Waals surface area (Å²) < 4.78 is 0. The van der Waals surface area contributed by atoms with E-state index in [-0.39, 0.29) is 11.8 Å². The first-order valence-corrected chi connectivity index (χ1v) is 9.01. The number of pyridine rings is 1. The molecule has 0 spiro atoms. The predicted molar refractivity (Wildman–Crippen MR) is 101 cm³/mol. The zero-order valence-corrected chi connectivity index (χ0v) is 14.3. The molecule has 0 saturated carbocycles. The van der Waals surface area contributed by atoms with Gasteiger partial charge >= 0.3 is 0 Å². The van der Waals surface area contributed by atoms with Crippen LogP contribution >= 0.6 is 0 Å². The average molecular weight is 330 g/mol. The normalized spacial score (nSPS) is 16.6. The van der Waals surface area contributed by atoms with E-state index >= 15 is 0 Å². The second-order valence-electron chi connectivity index (χ2n) is 6.65. The van der Waals surface area contributed by atoms with Crippen molar-refractivity contribution in [3.8, 4) is 0 Å². The van der Waals surface area contributed by atoms with Crippen molar-refractivity contribution in [1.82, 2.24) is 9.88 Å². The van der Waals surface area contributed by atoms with E-state index in [1.807, 2.05) is 60.8 Å². The van der Waals surface area contributed by atoms with Gasteiger partial charge in [0.2, 0.25) is 0 Å². The number of benzene rings is 2. The van der Waals surface area contributed by atoms with Gasteiger partial charge in [-0.2, -0.15) is 0 Å². The molecule has 1 aliphatic heterocycles. The topological polar surface area (TPSA) is 33.2 Å². The van der Waals surface area contributed by atoms with E-state index in [9.17, 15) is 4.79 Å². The number of hydrogen-bond acceptors (Lipinski definition) is 3. The lowest BCUT2D eigenvalue weighted by Gasteiger charge is -2.34. The third-order valence-electron chi connectivity index (χ3n) is 5.04. The van der Waals surface area contributed by atoms with Crippen molar-refractivity contribution in [2.45, 2.75) is 25.3 Å². The Morgan fingerprint density at radius 3 is 2.40 bits per heavy atom. The maximum atomic E-state index is 13.4. The van der Waals surface area contributed by atoms with Gasteiger partial charge in [0.15, 0.2) is 5.78 Å². The molecule has 1 aromatic heterocycles. The van der Waals surface area contributed by atoms with Crippen molar-refractivity contribution in [3.05, 3.63) is 78.0 Å². The number of piperidine rings is 1. The van der Waals surface area contributed by atoms with E-state index in [2.05, 4.69) is 16.0 Å². The van der Waals surface area contributed by atoms with Crippen LogP contribution in [0.15, 0.2) is 66.9 Å². The number of nitrogens with zero attached hydrogens (tertiary/aromatic N) is 2. The Kier molecular flexibility index (Phi) is 4.57. The molecule has 3 heteroatoms. The van der Waals surface area contributed by atoms with E-state index in [4.69, 9.17) is 0 Å². The summed E-state index contributed by atoms with van der Waals surface area (Å²) in [5.74, 6) is 0.179. The molecule has 0 bridgehead atoms. The van der Waals surface area contributed by atoms with Crippen LogP contribution in [0.25, 0.3) is 10.9 Å². The number of fused-ring (bicyclic) bond motifs is 1. The lowest BCUT2D eigenvalue weighted by molar-refractivity contribution is 0.0784. The largest absolute Gasteiger partial charge is 0.292 e. The summed E-state index contributed by atoms with van der Waals surface area (Å²) in [6.45, 7) is 1.94. The number of hydrogen-bond donors (Lipinski definition) is 0. The highest BCUT2D eigenvalue weighted by Crippen LogP contribution is 2.32. The molecule has 0 aliphatic carbocycles. The van der Waals surface area contributed by atoms with E-state index in [0.717, 1.165) is 48.0 Å². The summed E-state index contributed by atoms with van der Waals surface area (Å²) in [5.41, 5.74) is 2.79. The fourth-order valence-corrected chi connectivity index (χ4v) is 3.80. The van der Waals surface area contributed by atoms with Crippen LogP contribution in [0.4, 0.5) is 0 Å². The Morgan fingerprint density at radius 2 is 1.60 bits per heavy atom.